The van der Waals surface area contributed by atoms with Crippen molar-refractivity contribution >= 4 is 6.09 Å². The summed E-state index contributed by atoms with van der Waals surface area (Å²) < 4.78 is 5.43. The lowest BCUT2D eigenvalue weighted by Gasteiger charge is -2.26. The highest BCUT2D eigenvalue weighted by Crippen LogP contribution is 2.46. The standard InChI is InChI=1S/C17H25N3O2/c1-11(12-6-5-7-18-8-12)19-15-13-9-20(10-14(13)15)16(21)22-17(2,3)4/h5-8,11,13-15,19H,9-10H2,1-4H3. The van der Waals surface area contributed by atoms with Gasteiger partial charge in [-0.1, -0.05) is 6.07 Å². The first-order chi connectivity index (χ1) is 10.3. The molecule has 0 aromatic carbocycles. The monoisotopic (exact) mass is 303 g/mol. The van der Waals surface area contributed by atoms with Crippen LogP contribution >= 0.6 is 0 Å². The highest BCUT2D eigenvalue weighted by atomic mass is 16.6. The van der Waals surface area contributed by atoms with Crippen molar-refractivity contribution in [1.29, 1.82) is 0 Å². The number of ether oxygens (including phenoxy) is 1. The van der Waals surface area contributed by atoms with E-state index in [0.717, 1.165) is 13.1 Å². The third-order valence-corrected chi connectivity index (χ3v) is 4.47. The molecule has 1 saturated heterocycles. The molecule has 3 atom stereocenters. The lowest BCUT2D eigenvalue weighted by molar-refractivity contribution is 0.0269. The normalized spacial score (nSPS) is 28.2. The average Bonchev–Trinajstić information content (AvgIpc) is 2.90. The molecule has 1 aromatic rings. The molecule has 120 valence electrons. The van der Waals surface area contributed by atoms with Gasteiger partial charge in [-0.25, -0.2) is 4.79 Å². The van der Waals surface area contributed by atoms with E-state index < -0.39 is 5.60 Å². The van der Waals surface area contributed by atoms with Crippen LogP contribution in [0.5, 0.6) is 0 Å². The minimum Gasteiger partial charge on any atom is -0.444 e. The van der Waals surface area contributed by atoms with Gasteiger partial charge in [0.1, 0.15) is 5.60 Å². The number of piperidine rings is 1. The van der Waals surface area contributed by atoms with Crippen LogP contribution in [0.1, 0.15) is 39.3 Å². The molecule has 1 aliphatic carbocycles. The van der Waals surface area contributed by atoms with E-state index in [0.29, 0.717) is 23.9 Å². The van der Waals surface area contributed by atoms with E-state index in [2.05, 4.69) is 23.3 Å². The summed E-state index contributed by atoms with van der Waals surface area (Å²) in [7, 11) is 0. The number of carbonyl (C=O) groups is 1. The summed E-state index contributed by atoms with van der Waals surface area (Å²) in [5.41, 5.74) is 0.785. The zero-order chi connectivity index (χ0) is 15.9. The molecular weight excluding hydrogens is 278 g/mol. The molecule has 2 aliphatic rings. The molecule has 1 N–H and O–H groups in total. The molecule has 0 radical (unpaired) electrons. The Kier molecular flexibility index (Phi) is 3.85. The van der Waals surface area contributed by atoms with Crippen LogP contribution in [-0.2, 0) is 4.74 Å². The number of hydrogen-bond donors (Lipinski definition) is 1. The molecule has 22 heavy (non-hydrogen) atoms. The molecule has 5 heteroatoms. The largest absolute Gasteiger partial charge is 0.444 e. The second-order valence-electron chi connectivity index (χ2n) is 7.41. The van der Waals surface area contributed by atoms with Crippen molar-refractivity contribution in [3.63, 3.8) is 0 Å². The zero-order valence-corrected chi connectivity index (χ0v) is 13.7. The van der Waals surface area contributed by atoms with Gasteiger partial charge >= 0.3 is 6.09 Å². The Bertz CT molecular complexity index is 529. The van der Waals surface area contributed by atoms with Gasteiger partial charge in [0.25, 0.3) is 0 Å². The van der Waals surface area contributed by atoms with Crippen LogP contribution in [0.15, 0.2) is 24.5 Å². The molecule has 1 aliphatic heterocycles. The van der Waals surface area contributed by atoms with E-state index in [-0.39, 0.29) is 6.09 Å². The fourth-order valence-electron chi connectivity index (χ4n) is 3.27. The minimum atomic E-state index is -0.420. The Morgan fingerprint density at radius 2 is 2.09 bits per heavy atom. The summed E-state index contributed by atoms with van der Waals surface area (Å²) in [6, 6.07) is 4.86. The molecule has 2 fully saturated rings. The molecular formula is C17H25N3O2. The summed E-state index contributed by atoms with van der Waals surface area (Å²) in [4.78, 5) is 18.1. The maximum atomic E-state index is 12.1. The van der Waals surface area contributed by atoms with Crippen LogP contribution in [0.2, 0.25) is 0 Å². The smallest absolute Gasteiger partial charge is 0.410 e. The van der Waals surface area contributed by atoms with Gasteiger partial charge in [0.2, 0.25) is 0 Å². The predicted octanol–water partition coefficient (Wildman–Crippen LogP) is 2.60. The van der Waals surface area contributed by atoms with E-state index >= 15 is 0 Å². The Balaban J connectivity index is 1.48. The van der Waals surface area contributed by atoms with Gasteiger partial charge in [-0.15, -0.1) is 0 Å². The summed E-state index contributed by atoms with van der Waals surface area (Å²) in [6.07, 6.45) is 3.52. The molecule has 3 rings (SSSR count). The number of aromatic nitrogens is 1. The van der Waals surface area contributed by atoms with Gasteiger partial charge in [-0.3, -0.25) is 4.98 Å². The van der Waals surface area contributed by atoms with Crippen molar-refractivity contribution in [2.75, 3.05) is 13.1 Å². The first-order valence-electron chi connectivity index (χ1n) is 7.99. The highest BCUT2D eigenvalue weighted by molar-refractivity contribution is 5.69. The van der Waals surface area contributed by atoms with Crippen molar-refractivity contribution in [3.05, 3.63) is 30.1 Å². The molecule has 3 unspecified atom stereocenters. The number of nitrogens with zero attached hydrogens (tertiary/aromatic N) is 2. The van der Waals surface area contributed by atoms with Crippen LogP contribution in [0.4, 0.5) is 4.79 Å². The van der Waals surface area contributed by atoms with E-state index in [1.54, 1.807) is 6.20 Å². The van der Waals surface area contributed by atoms with Crippen LogP contribution in [0, 0.1) is 11.8 Å². The fourth-order valence-corrected chi connectivity index (χ4v) is 3.27. The van der Waals surface area contributed by atoms with Crippen molar-refractivity contribution in [1.82, 2.24) is 15.2 Å². The number of fused-ring (bicyclic) bond motifs is 1. The molecule has 1 saturated carbocycles. The highest BCUT2D eigenvalue weighted by Gasteiger charge is 2.57. The number of hydrogen-bond acceptors (Lipinski definition) is 4. The van der Waals surface area contributed by atoms with Crippen LogP contribution in [0.25, 0.3) is 0 Å². The van der Waals surface area contributed by atoms with Crippen LogP contribution in [-0.4, -0.2) is 40.7 Å². The number of carbonyl (C=O) groups excluding carboxylic acids is 1. The first-order valence-corrected chi connectivity index (χ1v) is 7.99. The maximum absolute atomic E-state index is 12.1. The van der Waals surface area contributed by atoms with Gasteiger partial charge in [-0.05, 0) is 51.2 Å². The van der Waals surface area contributed by atoms with E-state index in [9.17, 15) is 4.79 Å². The quantitative estimate of drug-likeness (QED) is 0.932. The molecule has 5 nitrogen and oxygen atoms in total. The van der Waals surface area contributed by atoms with E-state index in [1.165, 1.54) is 5.56 Å². The van der Waals surface area contributed by atoms with Crippen molar-refractivity contribution in [3.8, 4) is 0 Å². The number of pyridine rings is 1. The second kappa shape index (κ2) is 5.54. The number of likely N-dealkylation sites (tertiary alicyclic amines) is 1. The molecule has 2 heterocycles. The molecule has 1 amide bonds. The average molecular weight is 303 g/mol. The van der Waals surface area contributed by atoms with Crippen molar-refractivity contribution < 1.29 is 9.53 Å². The SMILES string of the molecule is CC(NC1C2CN(C(=O)OC(C)(C)C)CC21)c1cccnc1. The van der Waals surface area contributed by atoms with Gasteiger partial charge in [0.15, 0.2) is 0 Å². The Hall–Kier alpha value is -1.62. The summed E-state index contributed by atoms with van der Waals surface area (Å²) in [6.45, 7) is 9.48. The summed E-state index contributed by atoms with van der Waals surface area (Å²) >= 11 is 0. The molecule has 1 aromatic heterocycles. The van der Waals surface area contributed by atoms with Gasteiger partial charge < -0.3 is 15.0 Å². The predicted molar refractivity (Wildman–Crippen MR) is 84.4 cm³/mol. The van der Waals surface area contributed by atoms with Gasteiger partial charge in [0.05, 0.1) is 0 Å². The van der Waals surface area contributed by atoms with Crippen molar-refractivity contribution in [2.45, 2.75) is 45.4 Å². The Labute approximate surface area is 132 Å². The topological polar surface area (TPSA) is 54.5 Å². The summed E-state index contributed by atoms with van der Waals surface area (Å²) in [5.74, 6) is 1.12. The third-order valence-electron chi connectivity index (χ3n) is 4.47. The maximum Gasteiger partial charge on any atom is 0.410 e. The van der Waals surface area contributed by atoms with Crippen LogP contribution < -0.4 is 5.32 Å². The second-order valence-corrected chi connectivity index (χ2v) is 7.41. The lowest BCUT2D eigenvalue weighted by atomic mass is 10.1. The number of nitrogens with one attached hydrogen (secondary N) is 1. The zero-order valence-electron chi connectivity index (χ0n) is 13.7. The number of rotatable bonds is 3. The minimum absolute atomic E-state index is 0.182. The third kappa shape index (κ3) is 3.24. The van der Waals surface area contributed by atoms with E-state index in [4.69, 9.17) is 4.74 Å². The van der Waals surface area contributed by atoms with Crippen LogP contribution in [0.3, 0.4) is 0 Å². The Morgan fingerprint density at radius 3 is 2.64 bits per heavy atom. The lowest BCUT2D eigenvalue weighted by Crippen LogP contribution is -2.39. The van der Waals surface area contributed by atoms with Gasteiger partial charge in [-0.2, -0.15) is 0 Å². The van der Waals surface area contributed by atoms with Crippen molar-refractivity contribution in [2.24, 2.45) is 11.8 Å². The Morgan fingerprint density at radius 1 is 1.41 bits per heavy atom. The fraction of sp³-hybridized carbons (Fsp3) is 0.647. The van der Waals surface area contributed by atoms with E-state index in [1.807, 2.05) is 37.9 Å². The van der Waals surface area contributed by atoms with Gasteiger partial charge in [0, 0.05) is 37.6 Å². The molecule has 0 bridgehead atoms. The number of amides is 1. The summed E-state index contributed by atoms with van der Waals surface area (Å²) in [5, 5.41) is 3.66. The first kappa shape index (κ1) is 15.3. The molecule has 0 spiro atoms.